The number of allylic oxidation sites excluding steroid dienone is 5. The smallest absolute Gasteiger partial charge is 0.367 e. The summed E-state index contributed by atoms with van der Waals surface area (Å²) in [5.74, 6) is -1.86. The molecule has 0 heterocycles. The van der Waals surface area contributed by atoms with Crippen molar-refractivity contribution in [1.29, 1.82) is 0 Å². The number of benzene rings is 1. The van der Waals surface area contributed by atoms with Gasteiger partial charge in [-0.2, -0.15) is 4.39 Å². The summed E-state index contributed by atoms with van der Waals surface area (Å²) in [4.78, 5) is 11.6. The van der Waals surface area contributed by atoms with E-state index in [9.17, 15) is 9.18 Å². The Morgan fingerprint density at radius 2 is 1.59 bits per heavy atom. The molecule has 1 aromatic carbocycles. The van der Waals surface area contributed by atoms with E-state index in [2.05, 4.69) is 44.6 Å². The lowest BCUT2D eigenvalue weighted by atomic mass is 9.62. The molecule has 0 atom stereocenters. The van der Waals surface area contributed by atoms with Crippen LogP contribution in [0.5, 0.6) is 5.75 Å². The number of hydrogen-bond donors (Lipinski definition) is 0. The number of halogens is 2. The quantitative estimate of drug-likeness (QED) is 0.205. The van der Waals surface area contributed by atoms with Crippen LogP contribution in [0.4, 0.5) is 8.78 Å². The molecule has 1 aliphatic carbocycles. The van der Waals surface area contributed by atoms with E-state index in [1.165, 1.54) is 30.2 Å². The molecular weight excluding hydrogens is 434 g/mol. The van der Waals surface area contributed by atoms with Crippen LogP contribution < -0.4 is 4.74 Å². The molecule has 34 heavy (non-hydrogen) atoms. The van der Waals surface area contributed by atoms with Gasteiger partial charge in [-0.05, 0) is 90.8 Å². The minimum absolute atomic E-state index is 0.00871. The number of hydrogen-bond acceptors (Lipinski definition) is 3. The highest BCUT2D eigenvalue weighted by atomic mass is 19.1. The van der Waals surface area contributed by atoms with Gasteiger partial charge in [-0.15, -0.1) is 0 Å². The maximum atomic E-state index is 15.5. The summed E-state index contributed by atoms with van der Waals surface area (Å²) in [6.07, 6.45) is 5.89. The molecule has 0 fully saturated rings. The lowest BCUT2D eigenvalue weighted by molar-refractivity contribution is -0.140. The van der Waals surface area contributed by atoms with Gasteiger partial charge in [0.15, 0.2) is 0 Å². The molecule has 5 heteroatoms. The first-order valence-electron chi connectivity index (χ1n) is 12.3. The first kappa shape index (κ1) is 27.8. The average molecular weight is 475 g/mol. The number of carbonyl (C=O) groups excluding carboxylic acids is 1. The molecule has 1 aromatic rings. The van der Waals surface area contributed by atoms with Crippen LogP contribution in [-0.2, 0) is 20.4 Å². The van der Waals surface area contributed by atoms with Gasteiger partial charge in [-0.1, -0.05) is 47.6 Å². The fourth-order valence-corrected chi connectivity index (χ4v) is 4.38. The van der Waals surface area contributed by atoms with E-state index in [0.717, 1.165) is 24.8 Å². The van der Waals surface area contributed by atoms with E-state index in [1.54, 1.807) is 6.92 Å². The highest BCUT2D eigenvalue weighted by Gasteiger charge is 2.38. The molecule has 0 aromatic heterocycles. The number of carbonyl (C=O) groups is 1. The second kappa shape index (κ2) is 11.3. The van der Waals surface area contributed by atoms with Crippen molar-refractivity contribution in [1.82, 2.24) is 0 Å². The Balaban J connectivity index is 2.64. The van der Waals surface area contributed by atoms with Crippen LogP contribution in [0.2, 0.25) is 0 Å². The molecule has 0 saturated heterocycles. The van der Waals surface area contributed by atoms with Crippen LogP contribution >= 0.6 is 0 Å². The molecule has 0 amide bonds. The minimum atomic E-state index is -1.04. The molecule has 0 aliphatic heterocycles. The van der Waals surface area contributed by atoms with E-state index < -0.39 is 17.6 Å². The number of rotatable bonds is 9. The van der Waals surface area contributed by atoms with Crippen molar-refractivity contribution >= 4 is 11.5 Å². The molecule has 3 nitrogen and oxygen atoms in total. The maximum absolute atomic E-state index is 15.5. The van der Waals surface area contributed by atoms with Crippen molar-refractivity contribution in [2.75, 3.05) is 13.2 Å². The Hall–Kier alpha value is -2.43. The van der Waals surface area contributed by atoms with Crippen molar-refractivity contribution in [2.45, 2.75) is 91.9 Å². The van der Waals surface area contributed by atoms with Gasteiger partial charge in [0.25, 0.3) is 0 Å². The summed E-state index contributed by atoms with van der Waals surface area (Å²) in [6, 6.07) is 4.19. The van der Waals surface area contributed by atoms with Gasteiger partial charge in [-0.3, -0.25) is 0 Å². The van der Waals surface area contributed by atoms with Crippen LogP contribution in [-0.4, -0.2) is 19.2 Å². The molecule has 188 valence electrons. The topological polar surface area (TPSA) is 35.5 Å². The van der Waals surface area contributed by atoms with Crippen LogP contribution in [0.1, 0.15) is 97.8 Å². The lowest BCUT2D eigenvalue weighted by Gasteiger charge is -2.42. The normalized spacial score (nSPS) is 18.2. The Morgan fingerprint density at radius 3 is 2.12 bits per heavy atom. The zero-order valence-electron chi connectivity index (χ0n) is 22.0. The molecule has 0 N–H and O–H groups in total. The van der Waals surface area contributed by atoms with E-state index >= 15 is 4.39 Å². The third-order valence-corrected chi connectivity index (χ3v) is 6.66. The predicted octanol–water partition coefficient (Wildman–Crippen LogP) is 8.28. The third kappa shape index (κ3) is 6.17. The highest BCUT2D eigenvalue weighted by molar-refractivity contribution is 5.87. The maximum Gasteiger partial charge on any atom is 0.367 e. The average Bonchev–Trinajstić information content (AvgIpc) is 2.79. The molecule has 0 bridgehead atoms. The Labute approximate surface area is 203 Å². The summed E-state index contributed by atoms with van der Waals surface area (Å²) >= 11 is 0. The Bertz CT molecular complexity index is 997. The first-order chi connectivity index (χ1) is 15.9. The third-order valence-electron chi connectivity index (χ3n) is 6.66. The molecule has 2 rings (SSSR count). The van der Waals surface area contributed by atoms with Crippen LogP contribution in [0.25, 0.3) is 5.57 Å². The number of esters is 1. The van der Waals surface area contributed by atoms with E-state index in [-0.39, 0.29) is 23.0 Å². The molecule has 0 saturated carbocycles. The van der Waals surface area contributed by atoms with Crippen LogP contribution in [0.15, 0.2) is 41.5 Å². The fraction of sp³-hybridized carbons (Fsp3) is 0.552. The van der Waals surface area contributed by atoms with Crippen molar-refractivity contribution in [3.63, 3.8) is 0 Å². The van der Waals surface area contributed by atoms with Gasteiger partial charge in [0.05, 0.1) is 13.2 Å². The van der Waals surface area contributed by atoms with Crippen LogP contribution in [0, 0.1) is 0 Å². The number of fused-ring (bicyclic) bond motifs is 1. The summed E-state index contributed by atoms with van der Waals surface area (Å²) in [7, 11) is 0. The molecule has 0 unspecified atom stereocenters. The van der Waals surface area contributed by atoms with Gasteiger partial charge in [0, 0.05) is 5.56 Å². The zero-order chi connectivity index (χ0) is 25.7. The van der Waals surface area contributed by atoms with Crippen molar-refractivity contribution in [3.05, 3.63) is 58.2 Å². The summed E-state index contributed by atoms with van der Waals surface area (Å²) < 4.78 is 40.5. The lowest BCUT2D eigenvalue weighted by Crippen LogP contribution is -2.34. The van der Waals surface area contributed by atoms with Gasteiger partial charge in [0.2, 0.25) is 5.83 Å². The first-order valence-corrected chi connectivity index (χ1v) is 12.3. The van der Waals surface area contributed by atoms with E-state index in [4.69, 9.17) is 4.74 Å². The molecule has 0 spiro atoms. The Morgan fingerprint density at radius 1 is 1.00 bits per heavy atom. The van der Waals surface area contributed by atoms with Gasteiger partial charge < -0.3 is 9.47 Å². The van der Waals surface area contributed by atoms with E-state index in [1.807, 2.05) is 13.8 Å². The van der Waals surface area contributed by atoms with E-state index in [0.29, 0.717) is 24.4 Å². The SMILES string of the molecule is CCCOc1cc2c(cc1\C(CC)=C(F)/C=C/C(C)=C(\F)C(=O)OCC)C(C)(C)CCC2(C)C. The van der Waals surface area contributed by atoms with Gasteiger partial charge in [0.1, 0.15) is 11.6 Å². The predicted molar refractivity (Wildman–Crippen MR) is 135 cm³/mol. The molecular formula is C29H40F2O3. The second-order valence-electron chi connectivity index (χ2n) is 10.2. The zero-order valence-corrected chi connectivity index (χ0v) is 22.0. The van der Waals surface area contributed by atoms with Crippen LogP contribution in [0.3, 0.4) is 0 Å². The van der Waals surface area contributed by atoms with Crippen molar-refractivity contribution in [3.8, 4) is 5.75 Å². The van der Waals surface area contributed by atoms with Gasteiger partial charge >= 0.3 is 5.97 Å². The second-order valence-corrected chi connectivity index (χ2v) is 10.2. The van der Waals surface area contributed by atoms with Gasteiger partial charge in [-0.25, -0.2) is 9.18 Å². The monoisotopic (exact) mass is 474 g/mol. The summed E-state index contributed by atoms with van der Waals surface area (Å²) in [6.45, 7) is 16.5. The molecule has 1 aliphatic rings. The fourth-order valence-electron chi connectivity index (χ4n) is 4.38. The summed E-state index contributed by atoms with van der Waals surface area (Å²) in [5, 5.41) is 0. The van der Waals surface area contributed by atoms with Crippen molar-refractivity contribution in [2.24, 2.45) is 0 Å². The Kier molecular flexibility index (Phi) is 9.27. The van der Waals surface area contributed by atoms with Crippen molar-refractivity contribution < 1.29 is 23.0 Å². The largest absolute Gasteiger partial charge is 0.493 e. The molecule has 0 radical (unpaired) electrons. The summed E-state index contributed by atoms with van der Waals surface area (Å²) in [5.41, 5.74) is 3.68. The highest BCUT2D eigenvalue weighted by Crippen LogP contribution is 2.49. The minimum Gasteiger partial charge on any atom is -0.493 e. The standard InChI is InChI=1S/C29H40F2O3/c1-9-16-34-25-18-23-22(28(5,6)14-15-29(23,7)8)17-21(25)20(10-2)24(30)13-12-19(4)26(31)27(32)33-11-3/h12-13,17-18H,9-11,14-16H2,1-8H3/b13-12+,24-20+,26-19-. The number of ether oxygens (including phenoxy) is 2.